The van der Waals surface area contributed by atoms with Crippen molar-refractivity contribution < 1.29 is 50.1 Å². The first-order valence-electron chi connectivity index (χ1n) is 31.8. The maximum atomic E-state index is 10.0. The first-order valence-corrected chi connectivity index (χ1v) is 42.3. The van der Waals surface area contributed by atoms with E-state index in [0.717, 1.165) is 28.6 Å². The van der Waals surface area contributed by atoms with Gasteiger partial charge in [-0.2, -0.15) is 0 Å². The molecule has 6 aromatic carbocycles. The van der Waals surface area contributed by atoms with Crippen molar-refractivity contribution in [3.63, 3.8) is 0 Å². The number of benzene rings is 6. The fourth-order valence-corrected chi connectivity index (χ4v) is 14.3. The third-order valence-corrected chi connectivity index (χ3v) is 22.1. The van der Waals surface area contributed by atoms with Crippen LogP contribution in [0.25, 0.3) is 51.2 Å². The molecule has 0 saturated carbocycles. The summed E-state index contributed by atoms with van der Waals surface area (Å²) in [5.41, 5.74) is 15.3. The van der Waals surface area contributed by atoms with Crippen molar-refractivity contribution in [2.45, 2.75) is 191 Å². The number of imidazole rings is 3. The molecule has 0 aliphatic heterocycles. The minimum atomic E-state index is -1.32. The molecule has 0 spiro atoms. The molecule has 484 valence electrons. The van der Waals surface area contributed by atoms with Gasteiger partial charge in [0.2, 0.25) is 0 Å². The number of carbonyl (C=O) groups excluding carboxylic acids is 1. The van der Waals surface area contributed by atoms with Crippen molar-refractivity contribution in [3.8, 4) is 51.2 Å². The van der Waals surface area contributed by atoms with Crippen molar-refractivity contribution in [1.82, 2.24) is 28.7 Å². The van der Waals surface area contributed by atoms with Crippen LogP contribution >= 0.6 is 0 Å². The predicted octanol–water partition coefficient (Wildman–Crippen LogP) is 19.6. The van der Waals surface area contributed by atoms with Crippen molar-refractivity contribution >= 4 is 45.6 Å². The maximum Gasteiger partial charge on any atom is 0.155 e. The quantitative estimate of drug-likeness (QED) is 0.0450. The Bertz CT molecular complexity index is 3300. The van der Waals surface area contributed by atoms with Crippen LogP contribution in [-0.4, -0.2) is 63.8 Å². The SMILES string of the molecule is CC(=O)C=C(C)O.CC(C)c1cccc(C(C)C)c1-n1ccnc1-c1[c-]cc([Si](C)(C)C)cc1.CC(C)c1cccc(C(C)C)c1-n1ccnc1-c1[c-]cc([Si](C)(C)C)cc1.CC(C)c1cccc(C(C)C)c1-n1ccnc1-c1ccc([Si](C)(C)C)cc1.[Ir].[Ir]. The first kappa shape index (κ1) is 76.6. The molecule has 0 aliphatic rings. The summed E-state index contributed by atoms with van der Waals surface area (Å²) in [5, 5.41) is 12.7. The number of hydrogen-bond donors (Lipinski definition) is 1. The van der Waals surface area contributed by atoms with Crippen LogP contribution in [0.3, 0.4) is 0 Å². The number of aromatic nitrogens is 6. The van der Waals surface area contributed by atoms with Crippen molar-refractivity contribution in [2.75, 3.05) is 0 Å². The van der Waals surface area contributed by atoms with E-state index in [-0.39, 0.29) is 51.8 Å². The van der Waals surface area contributed by atoms with E-state index in [2.05, 4.69) is 302 Å². The molecule has 9 aromatic rings. The Labute approximate surface area is 572 Å². The van der Waals surface area contributed by atoms with E-state index in [0.29, 0.717) is 35.5 Å². The molecule has 9 rings (SSSR count). The molecular weight excluding hydrogens is 1510 g/mol. The third kappa shape index (κ3) is 19.6. The van der Waals surface area contributed by atoms with E-state index in [1.165, 1.54) is 91.5 Å². The number of nitrogens with zero attached hydrogens (tertiary/aromatic N) is 6. The Kier molecular flexibility index (Phi) is 28.2. The molecule has 3 aromatic heterocycles. The zero-order valence-corrected chi connectivity index (χ0v) is 66.0. The number of hydrogen-bond acceptors (Lipinski definition) is 5. The molecule has 0 aliphatic carbocycles. The zero-order valence-electron chi connectivity index (χ0n) is 58.2. The van der Waals surface area contributed by atoms with Gasteiger partial charge in [0.1, 0.15) is 5.82 Å². The summed E-state index contributed by atoms with van der Waals surface area (Å²) in [5.74, 6) is 5.61. The van der Waals surface area contributed by atoms with E-state index in [1.807, 2.05) is 18.6 Å². The summed E-state index contributed by atoms with van der Waals surface area (Å²) in [4.78, 5) is 24.1. The molecule has 0 fully saturated rings. The Morgan fingerprint density at radius 3 is 0.900 bits per heavy atom. The molecule has 0 saturated heterocycles. The predicted molar refractivity (Wildman–Crippen MR) is 385 cm³/mol. The van der Waals surface area contributed by atoms with E-state index in [9.17, 15) is 4.79 Å². The van der Waals surface area contributed by atoms with Gasteiger partial charge in [0.25, 0.3) is 0 Å². The Balaban J connectivity index is 0.000000270. The fraction of sp³-hybridized carbons (Fsp3) is 0.377. The molecule has 2 radical (unpaired) electrons. The Morgan fingerprint density at radius 1 is 0.411 bits per heavy atom. The number of aliphatic hydroxyl groups is 1. The average Bonchev–Trinajstić information content (AvgIpc) is 1.64. The molecular formula is C77H102Ir2N6O2Si3-2. The largest absolute Gasteiger partial charge is 0.512 e. The van der Waals surface area contributed by atoms with Crippen LogP contribution in [0.1, 0.15) is 166 Å². The first-order chi connectivity index (χ1) is 41.2. The second kappa shape index (κ2) is 33.1. The van der Waals surface area contributed by atoms with E-state index >= 15 is 0 Å². The summed E-state index contributed by atoms with van der Waals surface area (Å²) in [6.45, 7) is 51.3. The van der Waals surface area contributed by atoms with Crippen molar-refractivity contribution in [3.05, 3.63) is 210 Å². The summed E-state index contributed by atoms with van der Waals surface area (Å²) in [7, 11) is -3.94. The Hall–Kier alpha value is -5.89. The van der Waals surface area contributed by atoms with Crippen LogP contribution in [0.15, 0.2) is 164 Å². The molecule has 0 amide bonds. The second-order valence-corrected chi connectivity index (χ2v) is 43.6. The standard InChI is InChI=1S/C24H32N2Si.2C24H31N2Si.C5H8O2.2Ir/c3*1-17(2)21-9-8-10-22(18(3)4)23(21)26-16-15-25-24(26)19-11-13-20(14-12-19)27(5,6)7;1-4(6)3-5(2)7;;/h8-18H,1-7H3;2*8-11,13-18H,1-7H3;3,6H,1-2H3;;/q;2*-1;;;. The second-order valence-electron chi connectivity index (χ2n) is 28.4. The molecule has 8 nitrogen and oxygen atoms in total. The van der Waals surface area contributed by atoms with Gasteiger partial charge in [0, 0.05) is 117 Å². The summed E-state index contributed by atoms with van der Waals surface area (Å²) in [6.07, 6.45) is 13.2. The monoisotopic (exact) mass is 1610 g/mol. The van der Waals surface area contributed by atoms with Gasteiger partial charge in [-0.3, -0.25) is 19.3 Å². The molecule has 13 heteroatoms. The zero-order chi connectivity index (χ0) is 65.2. The normalized spacial score (nSPS) is 11.9. The van der Waals surface area contributed by atoms with Gasteiger partial charge in [-0.25, -0.2) is 4.98 Å². The molecule has 0 bridgehead atoms. The molecule has 1 N–H and O–H groups in total. The van der Waals surface area contributed by atoms with Crippen LogP contribution in [-0.2, 0) is 45.0 Å². The van der Waals surface area contributed by atoms with E-state index in [1.54, 1.807) is 0 Å². The van der Waals surface area contributed by atoms with Gasteiger partial charge in [0.05, 0.1) is 31.2 Å². The minimum absolute atomic E-state index is 0. The third-order valence-electron chi connectivity index (χ3n) is 15.9. The van der Waals surface area contributed by atoms with Crippen molar-refractivity contribution in [2.24, 2.45) is 0 Å². The van der Waals surface area contributed by atoms with Gasteiger partial charge < -0.3 is 14.2 Å². The fourth-order valence-electron chi connectivity index (χ4n) is 10.9. The number of rotatable bonds is 16. The number of carbonyl (C=O) groups is 1. The van der Waals surface area contributed by atoms with Gasteiger partial charge in [-0.15, -0.1) is 70.0 Å². The number of para-hydroxylation sites is 3. The number of aliphatic hydroxyl groups excluding tert-OH is 1. The van der Waals surface area contributed by atoms with Gasteiger partial charge in [-0.1, -0.05) is 226 Å². The number of ketones is 1. The maximum absolute atomic E-state index is 10.0. The molecule has 90 heavy (non-hydrogen) atoms. The van der Waals surface area contributed by atoms with Crippen LogP contribution < -0.4 is 15.6 Å². The molecule has 3 heterocycles. The van der Waals surface area contributed by atoms with Crippen LogP contribution in [0.5, 0.6) is 0 Å². The average molecular weight is 1610 g/mol. The van der Waals surface area contributed by atoms with Gasteiger partial charge in [0.15, 0.2) is 5.78 Å². The van der Waals surface area contributed by atoms with E-state index in [4.69, 9.17) is 20.1 Å². The summed E-state index contributed by atoms with van der Waals surface area (Å²) >= 11 is 0. The van der Waals surface area contributed by atoms with Crippen LogP contribution in [0, 0.1) is 12.1 Å². The summed E-state index contributed by atoms with van der Waals surface area (Å²) in [6, 6.07) is 49.3. The smallest absolute Gasteiger partial charge is 0.155 e. The number of allylic oxidation sites excluding steroid dienone is 2. The van der Waals surface area contributed by atoms with Crippen LogP contribution in [0.2, 0.25) is 58.9 Å². The Morgan fingerprint density at radius 2 is 0.678 bits per heavy atom. The van der Waals surface area contributed by atoms with Gasteiger partial charge >= 0.3 is 0 Å². The van der Waals surface area contributed by atoms with Gasteiger partial charge in [-0.05, 0) is 82.7 Å². The topological polar surface area (TPSA) is 90.8 Å². The van der Waals surface area contributed by atoms with Crippen molar-refractivity contribution in [1.29, 1.82) is 0 Å². The van der Waals surface area contributed by atoms with E-state index < -0.39 is 24.2 Å². The molecule has 0 unspecified atom stereocenters. The minimum Gasteiger partial charge on any atom is -0.512 e. The molecule has 0 atom stereocenters. The summed E-state index contributed by atoms with van der Waals surface area (Å²) < 4.78 is 6.80. The van der Waals surface area contributed by atoms with Crippen LogP contribution in [0.4, 0.5) is 0 Å².